The van der Waals surface area contributed by atoms with Crippen LogP contribution in [0.3, 0.4) is 0 Å². The highest BCUT2D eigenvalue weighted by atomic mass is 32.1. The normalized spacial score (nSPS) is 18.1. The zero-order valence-electron chi connectivity index (χ0n) is 10.9. The van der Waals surface area contributed by atoms with Gasteiger partial charge in [0.15, 0.2) is 5.78 Å². The van der Waals surface area contributed by atoms with Crippen molar-refractivity contribution in [3.05, 3.63) is 57.3 Å². The van der Waals surface area contributed by atoms with Crippen molar-refractivity contribution in [3.63, 3.8) is 0 Å². The number of ether oxygens (including phenoxy) is 1. The maximum Gasteiger partial charge on any atom is 0.166 e. The highest BCUT2D eigenvalue weighted by molar-refractivity contribution is 7.08. The van der Waals surface area contributed by atoms with Gasteiger partial charge in [0.25, 0.3) is 0 Å². The fourth-order valence-electron chi connectivity index (χ4n) is 2.57. The van der Waals surface area contributed by atoms with Gasteiger partial charge in [0, 0.05) is 17.4 Å². The van der Waals surface area contributed by atoms with E-state index in [1.807, 2.05) is 29.8 Å². The SMILES string of the molecule is Cc1cscc1C(=O)CC1OCCc2ccccc21. The van der Waals surface area contributed by atoms with Gasteiger partial charge in [-0.25, -0.2) is 0 Å². The molecule has 0 radical (unpaired) electrons. The van der Waals surface area contributed by atoms with Crippen molar-refractivity contribution in [1.82, 2.24) is 0 Å². The van der Waals surface area contributed by atoms with Crippen LogP contribution in [0.25, 0.3) is 0 Å². The number of rotatable bonds is 3. The summed E-state index contributed by atoms with van der Waals surface area (Å²) in [6.45, 7) is 2.69. The number of carbonyl (C=O) groups excluding carboxylic acids is 1. The van der Waals surface area contributed by atoms with E-state index >= 15 is 0 Å². The van der Waals surface area contributed by atoms with Gasteiger partial charge in [-0.1, -0.05) is 24.3 Å². The summed E-state index contributed by atoms with van der Waals surface area (Å²) in [6, 6.07) is 8.27. The fourth-order valence-corrected chi connectivity index (χ4v) is 3.42. The van der Waals surface area contributed by atoms with Crippen molar-refractivity contribution >= 4 is 17.1 Å². The lowest BCUT2D eigenvalue weighted by molar-refractivity contribution is 0.0352. The van der Waals surface area contributed by atoms with Crippen molar-refractivity contribution in [2.24, 2.45) is 0 Å². The maximum absolute atomic E-state index is 12.3. The number of fused-ring (bicyclic) bond motifs is 1. The minimum absolute atomic E-state index is 0.0863. The number of carbonyl (C=O) groups is 1. The summed E-state index contributed by atoms with van der Waals surface area (Å²) in [5.41, 5.74) is 4.40. The van der Waals surface area contributed by atoms with Crippen LogP contribution in [0.5, 0.6) is 0 Å². The van der Waals surface area contributed by atoms with Gasteiger partial charge in [-0.2, -0.15) is 11.3 Å². The number of hydrogen-bond acceptors (Lipinski definition) is 3. The number of hydrogen-bond donors (Lipinski definition) is 0. The molecule has 1 aliphatic heterocycles. The van der Waals surface area contributed by atoms with Gasteiger partial charge < -0.3 is 4.74 Å². The van der Waals surface area contributed by atoms with Crippen LogP contribution in [-0.2, 0) is 11.2 Å². The minimum atomic E-state index is -0.0863. The molecule has 0 amide bonds. The van der Waals surface area contributed by atoms with Crippen LogP contribution in [0.15, 0.2) is 35.0 Å². The van der Waals surface area contributed by atoms with Gasteiger partial charge in [-0.15, -0.1) is 0 Å². The Kier molecular flexibility index (Phi) is 3.49. The summed E-state index contributed by atoms with van der Waals surface area (Å²) in [6.07, 6.45) is 1.30. The van der Waals surface area contributed by atoms with Crippen molar-refractivity contribution in [2.75, 3.05) is 6.61 Å². The number of Topliss-reactive ketones (excluding diaryl/α,β-unsaturated/α-hetero) is 1. The van der Waals surface area contributed by atoms with E-state index in [0.717, 1.165) is 17.5 Å². The summed E-state index contributed by atoms with van der Waals surface area (Å²) in [4.78, 5) is 12.3. The second-order valence-electron chi connectivity index (χ2n) is 4.90. The number of aryl methyl sites for hydroxylation is 1. The molecule has 3 rings (SSSR count). The minimum Gasteiger partial charge on any atom is -0.373 e. The molecule has 98 valence electrons. The summed E-state index contributed by atoms with van der Waals surface area (Å²) in [5, 5.41) is 3.95. The van der Waals surface area contributed by atoms with Crippen molar-refractivity contribution in [3.8, 4) is 0 Å². The first-order valence-corrected chi connectivity index (χ1v) is 7.45. The topological polar surface area (TPSA) is 26.3 Å². The second-order valence-corrected chi connectivity index (χ2v) is 5.65. The predicted octanol–water partition coefficient (Wildman–Crippen LogP) is 3.94. The zero-order chi connectivity index (χ0) is 13.2. The van der Waals surface area contributed by atoms with Crippen LogP contribution in [0.4, 0.5) is 0 Å². The Morgan fingerprint density at radius 1 is 1.37 bits per heavy atom. The molecule has 0 fully saturated rings. The van der Waals surface area contributed by atoms with E-state index in [2.05, 4.69) is 12.1 Å². The molecule has 2 nitrogen and oxygen atoms in total. The third kappa shape index (κ3) is 2.48. The molecule has 0 spiro atoms. The molecule has 3 heteroatoms. The van der Waals surface area contributed by atoms with E-state index in [-0.39, 0.29) is 11.9 Å². The fraction of sp³-hybridized carbons (Fsp3) is 0.312. The van der Waals surface area contributed by atoms with Crippen LogP contribution in [0.1, 0.15) is 39.6 Å². The molecule has 0 saturated carbocycles. The third-order valence-corrected chi connectivity index (χ3v) is 4.48. The molecule has 0 N–H and O–H groups in total. The summed E-state index contributed by atoms with van der Waals surface area (Å²) < 4.78 is 5.80. The molecular weight excluding hydrogens is 256 g/mol. The Morgan fingerprint density at radius 2 is 2.21 bits per heavy atom. The third-order valence-electron chi connectivity index (χ3n) is 3.62. The summed E-state index contributed by atoms with van der Waals surface area (Å²) >= 11 is 1.58. The molecular formula is C16H16O2S. The van der Waals surface area contributed by atoms with E-state index in [0.29, 0.717) is 13.0 Å². The monoisotopic (exact) mass is 272 g/mol. The van der Waals surface area contributed by atoms with Gasteiger partial charge in [-0.3, -0.25) is 4.79 Å². The number of benzene rings is 1. The van der Waals surface area contributed by atoms with E-state index in [4.69, 9.17) is 4.74 Å². The van der Waals surface area contributed by atoms with Gasteiger partial charge in [-0.05, 0) is 35.4 Å². The summed E-state index contributed by atoms with van der Waals surface area (Å²) in [5.74, 6) is 0.181. The van der Waals surface area contributed by atoms with Crippen LogP contribution in [0, 0.1) is 6.92 Å². The maximum atomic E-state index is 12.3. The van der Waals surface area contributed by atoms with Crippen molar-refractivity contribution in [1.29, 1.82) is 0 Å². The van der Waals surface area contributed by atoms with Gasteiger partial charge in [0.05, 0.1) is 12.7 Å². The van der Waals surface area contributed by atoms with Gasteiger partial charge >= 0.3 is 0 Å². The predicted molar refractivity (Wildman–Crippen MR) is 76.8 cm³/mol. The quantitative estimate of drug-likeness (QED) is 0.791. The zero-order valence-corrected chi connectivity index (χ0v) is 11.7. The lowest BCUT2D eigenvalue weighted by atomic mass is 9.93. The first-order chi connectivity index (χ1) is 9.25. The first-order valence-electron chi connectivity index (χ1n) is 6.51. The molecule has 2 aromatic rings. The van der Waals surface area contributed by atoms with Crippen molar-refractivity contribution in [2.45, 2.75) is 25.9 Å². The second kappa shape index (κ2) is 5.27. The molecule has 2 heterocycles. The highest BCUT2D eigenvalue weighted by Gasteiger charge is 2.24. The molecule has 19 heavy (non-hydrogen) atoms. The van der Waals surface area contributed by atoms with Crippen molar-refractivity contribution < 1.29 is 9.53 Å². The van der Waals surface area contributed by atoms with E-state index in [1.54, 1.807) is 11.3 Å². The molecule has 0 bridgehead atoms. The molecule has 0 saturated heterocycles. The average Bonchev–Trinajstić information content (AvgIpc) is 2.85. The molecule has 1 aromatic carbocycles. The molecule has 1 aromatic heterocycles. The Hall–Kier alpha value is -1.45. The van der Waals surface area contributed by atoms with Crippen LogP contribution >= 0.6 is 11.3 Å². The van der Waals surface area contributed by atoms with Gasteiger partial charge in [0.2, 0.25) is 0 Å². The average molecular weight is 272 g/mol. The Morgan fingerprint density at radius 3 is 3.00 bits per heavy atom. The molecule has 1 unspecified atom stereocenters. The Balaban J connectivity index is 1.82. The van der Waals surface area contributed by atoms with E-state index in [9.17, 15) is 4.79 Å². The first kappa shape index (κ1) is 12.6. The van der Waals surface area contributed by atoms with Gasteiger partial charge in [0.1, 0.15) is 0 Å². The lowest BCUT2D eigenvalue weighted by Gasteiger charge is -2.25. The molecule has 0 aliphatic carbocycles. The van der Waals surface area contributed by atoms with E-state index in [1.165, 1.54) is 11.1 Å². The Bertz CT molecular complexity index is 600. The smallest absolute Gasteiger partial charge is 0.166 e. The summed E-state index contributed by atoms with van der Waals surface area (Å²) in [7, 11) is 0. The van der Waals surface area contributed by atoms with Crippen LogP contribution in [0.2, 0.25) is 0 Å². The Labute approximate surface area is 117 Å². The lowest BCUT2D eigenvalue weighted by Crippen LogP contribution is -2.19. The number of ketones is 1. The largest absolute Gasteiger partial charge is 0.373 e. The number of thiophene rings is 1. The standard InChI is InChI=1S/C16H16O2S/c1-11-9-19-10-14(11)15(17)8-16-13-5-3-2-4-12(13)6-7-18-16/h2-5,9-10,16H,6-8H2,1H3. The van der Waals surface area contributed by atoms with E-state index < -0.39 is 0 Å². The van der Waals surface area contributed by atoms with Crippen LogP contribution in [-0.4, -0.2) is 12.4 Å². The van der Waals surface area contributed by atoms with Crippen LogP contribution < -0.4 is 0 Å². The molecule has 1 aliphatic rings. The molecule has 1 atom stereocenters. The highest BCUT2D eigenvalue weighted by Crippen LogP contribution is 2.31.